The fourth-order valence-electron chi connectivity index (χ4n) is 2.07. The summed E-state index contributed by atoms with van der Waals surface area (Å²) in [5, 5.41) is 8.57. The van der Waals surface area contributed by atoms with Crippen molar-refractivity contribution in [1.29, 1.82) is 0 Å². The second-order valence-electron chi connectivity index (χ2n) is 5.00. The van der Waals surface area contributed by atoms with Gasteiger partial charge in [0.05, 0.1) is 12.2 Å². The van der Waals surface area contributed by atoms with Crippen molar-refractivity contribution >= 4 is 23.1 Å². The van der Waals surface area contributed by atoms with Crippen LogP contribution in [-0.4, -0.2) is 16.0 Å². The molecule has 3 rings (SSSR count). The van der Waals surface area contributed by atoms with Gasteiger partial charge in [0.1, 0.15) is 5.01 Å². The molecule has 0 unspecified atom stereocenters. The van der Waals surface area contributed by atoms with Crippen molar-refractivity contribution in [2.75, 3.05) is 5.32 Å². The van der Waals surface area contributed by atoms with Crippen LogP contribution < -0.4 is 10.6 Å². The number of rotatable bonds is 4. The molecule has 2 aromatic heterocycles. The number of nitrogens with zero attached hydrogens (tertiary/aromatic N) is 2. The van der Waals surface area contributed by atoms with Gasteiger partial charge in [0.25, 0.3) is 0 Å². The Labute approximate surface area is 138 Å². The maximum absolute atomic E-state index is 12.0. The SMILES string of the molecule is Cc1csc(-c2cccc(NC(=O)NCc3ccccn3)c2)n1. The van der Waals surface area contributed by atoms with Crippen molar-refractivity contribution < 1.29 is 4.79 Å². The average Bonchev–Trinajstić information content (AvgIpc) is 3.01. The lowest BCUT2D eigenvalue weighted by atomic mass is 10.2. The van der Waals surface area contributed by atoms with E-state index in [9.17, 15) is 4.79 Å². The highest BCUT2D eigenvalue weighted by molar-refractivity contribution is 7.13. The summed E-state index contributed by atoms with van der Waals surface area (Å²) in [6.45, 7) is 2.35. The highest BCUT2D eigenvalue weighted by Gasteiger charge is 2.06. The van der Waals surface area contributed by atoms with Gasteiger partial charge in [-0.1, -0.05) is 18.2 Å². The van der Waals surface area contributed by atoms with Crippen LogP contribution in [0.2, 0.25) is 0 Å². The Morgan fingerprint density at radius 2 is 2.13 bits per heavy atom. The third-order valence-corrected chi connectivity index (χ3v) is 4.15. The number of carbonyl (C=O) groups is 1. The van der Waals surface area contributed by atoms with Gasteiger partial charge in [0.2, 0.25) is 0 Å². The van der Waals surface area contributed by atoms with Gasteiger partial charge in [-0.25, -0.2) is 9.78 Å². The minimum Gasteiger partial charge on any atom is -0.332 e. The first kappa shape index (κ1) is 15.2. The smallest absolute Gasteiger partial charge is 0.319 e. The van der Waals surface area contributed by atoms with Crippen LogP contribution in [0.1, 0.15) is 11.4 Å². The molecule has 5 nitrogen and oxygen atoms in total. The minimum absolute atomic E-state index is 0.261. The van der Waals surface area contributed by atoms with E-state index < -0.39 is 0 Å². The van der Waals surface area contributed by atoms with Crippen molar-refractivity contribution in [1.82, 2.24) is 15.3 Å². The summed E-state index contributed by atoms with van der Waals surface area (Å²) >= 11 is 1.59. The number of anilines is 1. The Morgan fingerprint density at radius 1 is 1.22 bits per heavy atom. The van der Waals surface area contributed by atoms with E-state index in [1.54, 1.807) is 17.5 Å². The number of nitrogens with one attached hydrogen (secondary N) is 2. The number of benzene rings is 1. The lowest BCUT2D eigenvalue weighted by Gasteiger charge is -2.08. The summed E-state index contributed by atoms with van der Waals surface area (Å²) in [6, 6.07) is 13.0. The Bertz CT molecular complexity index is 801. The molecule has 0 aliphatic rings. The molecule has 2 amide bonds. The van der Waals surface area contributed by atoms with Crippen LogP contribution in [0, 0.1) is 6.92 Å². The first-order valence-electron chi connectivity index (χ1n) is 7.18. The van der Waals surface area contributed by atoms with Gasteiger partial charge in [0.15, 0.2) is 0 Å². The summed E-state index contributed by atoms with van der Waals surface area (Å²) in [4.78, 5) is 20.6. The van der Waals surface area contributed by atoms with E-state index in [4.69, 9.17) is 0 Å². The second kappa shape index (κ2) is 7.02. The van der Waals surface area contributed by atoms with Crippen molar-refractivity contribution in [2.24, 2.45) is 0 Å². The van der Waals surface area contributed by atoms with Gasteiger partial charge in [-0.2, -0.15) is 0 Å². The summed E-state index contributed by atoms with van der Waals surface area (Å²) in [6.07, 6.45) is 1.70. The number of thiazole rings is 1. The number of carbonyl (C=O) groups excluding carboxylic acids is 1. The van der Waals surface area contributed by atoms with Crippen molar-refractivity contribution in [3.63, 3.8) is 0 Å². The fraction of sp³-hybridized carbons (Fsp3) is 0.118. The number of pyridine rings is 1. The van der Waals surface area contributed by atoms with Crippen LogP contribution in [0.5, 0.6) is 0 Å². The Balaban J connectivity index is 1.62. The van der Waals surface area contributed by atoms with Crippen LogP contribution >= 0.6 is 11.3 Å². The summed E-state index contributed by atoms with van der Waals surface area (Å²) < 4.78 is 0. The largest absolute Gasteiger partial charge is 0.332 e. The molecule has 2 heterocycles. The zero-order valence-corrected chi connectivity index (χ0v) is 13.4. The summed E-state index contributed by atoms with van der Waals surface area (Å²) in [5.74, 6) is 0. The number of hydrogen-bond donors (Lipinski definition) is 2. The molecule has 0 aliphatic carbocycles. The average molecular weight is 324 g/mol. The lowest BCUT2D eigenvalue weighted by molar-refractivity contribution is 0.251. The molecule has 2 N–H and O–H groups in total. The maximum atomic E-state index is 12.0. The van der Waals surface area contributed by atoms with Crippen LogP contribution in [0.3, 0.4) is 0 Å². The fourth-order valence-corrected chi connectivity index (χ4v) is 2.86. The number of urea groups is 1. The van der Waals surface area contributed by atoms with Gasteiger partial charge in [-0.3, -0.25) is 4.98 Å². The van der Waals surface area contributed by atoms with E-state index in [2.05, 4.69) is 20.6 Å². The van der Waals surface area contributed by atoms with Crippen molar-refractivity contribution in [3.8, 4) is 10.6 Å². The Morgan fingerprint density at radius 3 is 2.87 bits per heavy atom. The van der Waals surface area contributed by atoms with Crippen molar-refractivity contribution in [3.05, 3.63) is 65.4 Å². The molecule has 23 heavy (non-hydrogen) atoms. The van der Waals surface area contributed by atoms with Crippen LogP contribution in [0.25, 0.3) is 10.6 Å². The predicted octanol–water partition coefficient (Wildman–Crippen LogP) is 3.84. The quantitative estimate of drug-likeness (QED) is 0.766. The van der Waals surface area contributed by atoms with E-state index in [-0.39, 0.29) is 6.03 Å². The van der Waals surface area contributed by atoms with Gasteiger partial charge < -0.3 is 10.6 Å². The second-order valence-corrected chi connectivity index (χ2v) is 5.86. The summed E-state index contributed by atoms with van der Waals surface area (Å²) in [7, 11) is 0. The molecule has 6 heteroatoms. The summed E-state index contributed by atoms with van der Waals surface area (Å²) in [5.41, 5.74) is 3.53. The number of aryl methyl sites for hydroxylation is 1. The predicted molar refractivity (Wildman–Crippen MR) is 92.4 cm³/mol. The monoisotopic (exact) mass is 324 g/mol. The molecule has 0 saturated carbocycles. The van der Waals surface area contributed by atoms with Crippen LogP contribution in [-0.2, 0) is 6.54 Å². The zero-order valence-electron chi connectivity index (χ0n) is 12.6. The number of hydrogen-bond acceptors (Lipinski definition) is 4. The third-order valence-electron chi connectivity index (χ3n) is 3.14. The number of aromatic nitrogens is 2. The van der Waals surface area contributed by atoms with Gasteiger partial charge in [0, 0.05) is 28.5 Å². The first-order valence-corrected chi connectivity index (χ1v) is 8.06. The maximum Gasteiger partial charge on any atom is 0.319 e. The van der Waals surface area contributed by atoms with E-state index in [0.29, 0.717) is 6.54 Å². The first-order chi connectivity index (χ1) is 11.2. The molecule has 116 valence electrons. The van der Waals surface area contributed by atoms with E-state index in [1.807, 2.05) is 54.8 Å². The highest BCUT2D eigenvalue weighted by Crippen LogP contribution is 2.25. The lowest BCUT2D eigenvalue weighted by Crippen LogP contribution is -2.28. The molecule has 0 saturated heterocycles. The van der Waals surface area contributed by atoms with E-state index >= 15 is 0 Å². The van der Waals surface area contributed by atoms with Gasteiger partial charge in [-0.05, 0) is 31.2 Å². The molecule has 0 radical (unpaired) electrons. The molecule has 0 aliphatic heterocycles. The Kier molecular flexibility index (Phi) is 4.63. The molecule has 0 spiro atoms. The third kappa shape index (κ3) is 4.14. The molecular weight excluding hydrogens is 308 g/mol. The molecule has 0 bridgehead atoms. The van der Waals surface area contributed by atoms with Gasteiger partial charge in [-0.15, -0.1) is 11.3 Å². The van der Waals surface area contributed by atoms with E-state index in [1.165, 1.54) is 0 Å². The standard InChI is InChI=1S/C17H16N4OS/c1-12-11-23-16(20-12)13-5-4-7-14(9-13)21-17(22)19-10-15-6-2-3-8-18-15/h2-9,11H,10H2,1H3,(H2,19,21,22). The number of amides is 2. The molecular formula is C17H16N4OS. The topological polar surface area (TPSA) is 66.9 Å². The van der Waals surface area contributed by atoms with E-state index in [0.717, 1.165) is 27.6 Å². The normalized spacial score (nSPS) is 10.3. The van der Waals surface area contributed by atoms with Gasteiger partial charge >= 0.3 is 6.03 Å². The molecule has 3 aromatic rings. The molecule has 0 atom stereocenters. The Hall–Kier alpha value is -2.73. The molecule has 1 aromatic carbocycles. The minimum atomic E-state index is -0.261. The highest BCUT2D eigenvalue weighted by atomic mass is 32.1. The van der Waals surface area contributed by atoms with Crippen LogP contribution in [0.15, 0.2) is 54.0 Å². The molecule has 0 fully saturated rings. The zero-order chi connectivity index (χ0) is 16.1. The van der Waals surface area contributed by atoms with Crippen molar-refractivity contribution in [2.45, 2.75) is 13.5 Å². The van der Waals surface area contributed by atoms with Crippen LogP contribution in [0.4, 0.5) is 10.5 Å².